The van der Waals surface area contributed by atoms with E-state index in [0.717, 1.165) is 32.1 Å². The molecule has 112 valence electrons. The predicted octanol–water partition coefficient (Wildman–Crippen LogP) is 0.583. The fraction of sp³-hybridized carbons (Fsp3) is 0.667. The minimum atomic E-state index is -3.71. The fourth-order valence-electron chi connectivity index (χ4n) is 2.73. The van der Waals surface area contributed by atoms with Crippen LogP contribution in [0.2, 0.25) is 0 Å². The van der Waals surface area contributed by atoms with Crippen molar-refractivity contribution < 1.29 is 8.42 Å². The molecule has 0 bridgehead atoms. The zero-order valence-corrected chi connectivity index (χ0v) is 12.4. The standard InChI is InChI=1S/C12H21N5O2S/c1-17-10(7-8-15-17)20(18,19)16-11(12(13)14)9-5-3-2-4-6-9/h7-9,11,16H,2-6H2,1H3,(H3,13,14). The third-order valence-corrected chi connectivity index (χ3v) is 5.30. The topological polar surface area (TPSA) is 114 Å². The van der Waals surface area contributed by atoms with Crippen LogP contribution < -0.4 is 10.5 Å². The second kappa shape index (κ2) is 5.92. The Balaban J connectivity index is 2.19. The van der Waals surface area contributed by atoms with Crippen molar-refractivity contribution in [3.05, 3.63) is 12.3 Å². The Labute approximate surface area is 119 Å². The number of aryl methyl sites for hydroxylation is 1. The molecule has 1 aromatic rings. The van der Waals surface area contributed by atoms with Crippen molar-refractivity contribution in [1.29, 1.82) is 5.41 Å². The lowest BCUT2D eigenvalue weighted by atomic mass is 9.84. The van der Waals surface area contributed by atoms with E-state index in [-0.39, 0.29) is 16.8 Å². The average molecular weight is 299 g/mol. The summed E-state index contributed by atoms with van der Waals surface area (Å²) in [5.41, 5.74) is 5.60. The number of nitrogens with one attached hydrogen (secondary N) is 2. The van der Waals surface area contributed by atoms with E-state index in [0.29, 0.717) is 0 Å². The van der Waals surface area contributed by atoms with Gasteiger partial charge in [-0.1, -0.05) is 19.3 Å². The zero-order chi connectivity index (χ0) is 14.8. The molecule has 0 radical (unpaired) electrons. The van der Waals surface area contributed by atoms with Crippen LogP contribution in [0.5, 0.6) is 0 Å². The minimum Gasteiger partial charge on any atom is -0.386 e. The maximum Gasteiger partial charge on any atom is 0.258 e. The number of hydrogen-bond acceptors (Lipinski definition) is 4. The van der Waals surface area contributed by atoms with Crippen LogP contribution in [-0.2, 0) is 17.1 Å². The quantitative estimate of drug-likeness (QED) is 0.545. The van der Waals surface area contributed by atoms with E-state index in [4.69, 9.17) is 11.1 Å². The summed E-state index contributed by atoms with van der Waals surface area (Å²) >= 11 is 0. The third kappa shape index (κ3) is 3.18. The summed E-state index contributed by atoms with van der Waals surface area (Å²) in [6.07, 6.45) is 6.51. The minimum absolute atomic E-state index is 0.0829. The molecule has 1 aliphatic rings. The normalized spacial score (nSPS) is 18.9. The van der Waals surface area contributed by atoms with Gasteiger partial charge in [0.15, 0.2) is 5.03 Å². The van der Waals surface area contributed by atoms with Crippen LogP contribution in [0.1, 0.15) is 32.1 Å². The summed E-state index contributed by atoms with van der Waals surface area (Å²) in [6, 6.07) is 0.802. The highest BCUT2D eigenvalue weighted by molar-refractivity contribution is 7.89. The summed E-state index contributed by atoms with van der Waals surface area (Å²) in [5, 5.41) is 11.6. The van der Waals surface area contributed by atoms with Gasteiger partial charge < -0.3 is 5.73 Å². The fourth-order valence-corrected chi connectivity index (χ4v) is 4.14. The summed E-state index contributed by atoms with van der Waals surface area (Å²) in [7, 11) is -2.14. The van der Waals surface area contributed by atoms with Gasteiger partial charge in [0.25, 0.3) is 10.0 Å². The maximum atomic E-state index is 12.3. The molecular formula is C12H21N5O2S. The van der Waals surface area contributed by atoms with Crippen molar-refractivity contribution >= 4 is 15.9 Å². The van der Waals surface area contributed by atoms with E-state index in [1.54, 1.807) is 7.05 Å². The first kappa shape index (κ1) is 15.0. The molecule has 2 rings (SSSR count). The predicted molar refractivity (Wildman–Crippen MR) is 75.8 cm³/mol. The largest absolute Gasteiger partial charge is 0.386 e. The van der Waals surface area contributed by atoms with Crippen LogP contribution in [-0.4, -0.2) is 30.1 Å². The Kier molecular flexibility index (Phi) is 4.44. The van der Waals surface area contributed by atoms with Gasteiger partial charge in [-0.2, -0.15) is 9.82 Å². The van der Waals surface area contributed by atoms with Gasteiger partial charge in [0.1, 0.15) is 5.84 Å². The van der Waals surface area contributed by atoms with Gasteiger partial charge in [-0.15, -0.1) is 0 Å². The summed E-state index contributed by atoms with van der Waals surface area (Å²) < 4.78 is 28.6. The molecule has 7 nitrogen and oxygen atoms in total. The Morgan fingerprint density at radius 1 is 1.50 bits per heavy atom. The van der Waals surface area contributed by atoms with Crippen LogP contribution in [0.15, 0.2) is 17.3 Å². The smallest absolute Gasteiger partial charge is 0.258 e. The lowest BCUT2D eigenvalue weighted by Crippen LogP contribution is -2.49. The van der Waals surface area contributed by atoms with Gasteiger partial charge in [-0.25, -0.2) is 8.42 Å². The molecule has 1 aliphatic carbocycles. The maximum absolute atomic E-state index is 12.3. The molecule has 1 fully saturated rings. The molecule has 1 unspecified atom stereocenters. The number of sulfonamides is 1. The second-order valence-electron chi connectivity index (χ2n) is 5.25. The average Bonchev–Trinajstić information content (AvgIpc) is 2.84. The zero-order valence-electron chi connectivity index (χ0n) is 11.5. The number of hydrogen-bond donors (Lipinski definition) is 3. The molecule has 1 aromatic heterocycles. The van der Waals surface area contributed by atoms with Gasteiger partial charge in [0.05, 0.1) is 12.2 Å². The molecule has 0 aliphatic heterocycles. The Bertz CT molecular complexity index is 574. The molecular weight excluding hydrogens is 278 g/mol. The molecule has 0 amide bonds. The molecule has 8 heteroatoms. The first-order valence-corrected chi connectivity index (χ1v) is 8.24. The van der Waals surface area contributed by atoms with E-state index in [9.17, 15) is 8.42 Å². The van der Waals surface area contributed by atoms with Crippen molar-refractivity contribution in [2.75, 3.05) is 0 Å². The van der Waals surface area contributed by atoms with E-state index in [1.165, 1.54) is 16.9 Å². The number of amidine groups is 1. The molecule has 1 saturated carbocycles. The lowest BCUT2D eigenvalue weighted by molar-refractivity contribution is 0.328. The lowest BCUT2D eigenvalue weighted by Gasteiger charge is -2.29. The van der Waals surface area contributed by atoms with Crippen molar-refractivity contribution in [3.8, 4) is 0 Å². The highest BCUT2D eigenvalue weighted by Gasteiger charge is 2.31. The van der Waals surface area contributed by atoms with Crippen molar-refractivity contribution in [3.63, 3.8) is 0 Å². The molecule has 0 saturated heterocycles. The van der Waals surface area contributed by atoms with E-state index in [2.05, 4.69) is 9.82 Å². The van der Waals surface area contributed by atoms with Crippen molar-refractivity contribution in [2.45, 2.75) is 43.2 Å². The Morgan fingerprint density at radius 2 is 2.15 bits per heavy atom. The SMILES string of the molecule is Cn1nccc1S(=O)(=O)NC(C(=N)N)C1CCCCC1. The van der Waals surface area contributed by atoms with Crippen molar-refractivity contribution in [1.82, 2.24) is 14.5 Å². The highest BCUT2D eigenvalue weighted by Crippen LogP contribution is 2.27. The molecule has 0 spiro atoms. The van der Waals surface area contributed by atoms with E-state index < -0.39 is 16.1 Å². The first-order chi connectivity index (χ1) is 9.42. The Hall–Kier alpha value is -1.41. The van der Waals surface area contributed by atoms with Gasteiger partial charge >= 0.3 is 0 Å². The summed E-state index contributed by atoms with van der Waals surface area (Å²) in [6.45, 7) is 0. The van der Waals surface area contributed by atoms with Gasteiger partial charge in [0.2, 0.25) is 0 Å². The number of rotatable bonds is 5. The van der Waals surface area contributed by atoms with E-state index >= 15 is 0 Å². The molecule has 4 N–H and O–H groups in total. The van der Waals surface area contributed by atoms with Gasteiger partial charge in [-0.05, 0) is 24.8 Å². The van der Waals surface area contributed by atoms with Crippen LogP contribution in [0.3, 0.4) is 0 Å². The molecule has 1 atom stereocenters. The van der Waals surface area contributed by atoms with Crippen LogP contribution >= 0.6 is 0 Å². The molecule has 20 heavy (non-hydrogen) atoms. The van der Waals surface area contributed by atoms with Crippen LogP contribution in [0.25, 0.3) is 0 Å². The number of nitrogens with two attached hydrogens (primary N) is 1. The summed E-state index contributed by atoms with van der Waals surface area (Å²) in [5.74, 6) is -0.0214. The molecule has 1 heterocycles. The Morgan fingerprint density at radius 3 is 2.65 bits per heavy atom. The second-order valence-corrected chi connectivity index (χ2v) is 6.91. The molecule has 0 aromatic carbocycles. The third-order valence-electron chi connectivity index (χ3n) is 3.79. The number of nitrogens with zero attached hydrogens (tertiary/aromatic N) is 2. The van der Waals surface area contributed by atoms with Crippen LogP contribution in [0, 0.1) is 11.3 Å². The van der Waals surface area contributed by atoms with Gasteiger partial charge in [-0.3, -0.25) is 10.1 Å². The van der Waals surface area contributed by atoms with E-state index in [1.807, 2.05) is 0 Å². The highest BCUT2D eigenvalue weighted by atomic mass is 32.2. The van der Waals surface area contributed by atoms with Gasteiger partial charge in [0, 0.05) is 7.05 Å². The summed E-state index contributed by atoms with van der Waals surface area (Å²) in [4.78, 5) is 0. The first-order valence-electron chi connectivity index (χ1n) is 6.76. The van der Waals surface area contributed by atoms with Crippen LogP contribution in [0.4, 0.5) is 0 Å². The van der Waals surface area contributed by atoms with Crippen molar-refractivity contribution in [2.24, 2.45) is 18.7 Å². The monoisotopic (exact) mass is 299 g/mol. The number of aromatic nitrogens is 2.